The highest BCUT2D eigenvalue weighted by atomic mass is 19.4. The van der Waals surface area contributed by atoms with Crippen LogP contribution in [-0.2, 0) is 6.54 Å². The number of aliphatic hydroxyl groups is 1. The van der Waals surface area contributed by atoms with Gasteiger partial charge in [-0.25, -0.2) is 0 Å². The van der Waals surface area contributed by atoms with E-state index in [0.29, 0.717) is 6.54 Å². The second-order valence-electron chi connectivity index (χ2n) is 5.40. The first-order chi connectivity index (χ1) is 9.66. The topological polar surface area (TPSA) is 23.5 Å². The van der Waals surface area contributed by atoms with E-state index in [1.54, 1.807) is 30.3 Å². The van der Waals surface area contributed by atoms with Crippen molar-refractivity contribution in [1.82, 2.24) is 4.90 Å². The molecule has 1 aliphatic heterocycles. The Morgan fingerprint density at radius 3 is 2.29 bits per heavy atom. The lowest BCUT2D eigenvalue weighted by atomic mass is 9.86. The molecule has 1 fully saturated rings. The first-order valence-corrected chi connectivity index (χ1v) is 6.59. The van der Waals surface area contributed by atoms with Crippen molar-refractivity contribution in [3.8, 4) is 0 Å². The molecule has 0 aliphatic carbocycles. The summed E-state index contributed by atoms with van der Waals surface area (Å²) in [5.41, 5.74) is -2.27. The summed E-state index contributed by atoms with van der Waals surface area (Å²) < 4.78 is 64.5. The summed E-state index contributed by atoms with van der Waals surface area (Å²) in [4.78, 5) is 1.43. The van der Waals surface area contributed by atoms with Crippen molar-refractivity contribution in [1.29, 1.82) is 0 Å². The fourth-order valence-corrected chi connectivity index (χ4v) is 2.62. The van der Waals surface area contributed by atoms with Gasteiger partial charge in [-0.2, -0.15) is 22.0 Å². The van der Waals surface area contributed by atoms with E-state index in [4.69, 9.17) is 0 Å². The van der Waals surface area contributed by atoms with Crippen LogP contribution in [0, 0.1) is 0 Å². The van der Waals surface area contributed by atoms with E-state index in [-0.39, 0.29) is 13.0 Å². The Labute approximate surface area is 119 Å². The molecular weight excluding hydrogens is 293 g/mol. The molecule has 1 N–H and O–H groups in total. The van der Waals surface area contributed by atoms with Gasteiger partial charge in [0.1, 0.15) is 0 Å². The van der Waals surface area contributed by atoms with Gasteiger partial charge >= 0.3 is 12.1 Å². The normalized spacial score (nSPS) is 25.0. The maximum absolute atomic E-state index is 13.5. The van der Waals surface area contributed by atoms with Gasteiger partial charge in [0, 0.05) is 13.1 Å². The largest absolute Gasteiger partial charge is 0.456 e. The van der Waals surface area contributed by atoms with Gasteiger partial charge in [-0.05, 0) is 24.9 Å². The minimum atomic E-state index is -5.75. The number of piperidine rings is 1. The summed E-state index contributed by atoms with van der Waals surface area (Å²) >= 11 is 0. The Bertz CT molecular complexity index is 476. The van der Waals surface area contributed by atoms with Crippen LogP contribution in [0.2, 0.25) is 0 Å². The van der Waals surface area contributed by atoms with Crippen LogP contribution in [0.5, 0.6) is 0 Å². The number of rotatable bonds is 3. The number of likely N-dealkylation sites (tertiary alicyclic amines) is 1. The van der Waals surface area contributed by atoms with Gasteiger partial charge in [0.25, 0.3) is 0 Å². The standard InChI is InChI=1S/C14H16F5NO/c15-13(16,14(17,18)19)12(21)7-4-8-20(10-12)9-11-5-2-1-3-6-11/h1-3,5-6,21H,4,7-10H2. The zero-order valence-corrected chi connectivity index (χ0v) is 11.2. The summed E-state index contributed by atoms with van der Waals surface area (Å²) in [6, 6.07) is 8.82. The molecule has 1 heterocycles. The second-order valence-corrected chi connectivity index (χ2v) is 5.40. The quantitative estimate of drug-likeness (QED) is 0.867. The lowest BCUT2D eigenvalue weighted by Crippen LogP contribution is -2.63. The first-order valence-electron chi connectivity index (χ1n) is 6.59. The molecule has 1 aromatic carbocycles. The Hall–Kier alpha value is -1.21. The van der Waals surface area contributed by atoms with Crippen molar-refractivity contribution in [3.05, 3.63) is 35.9 Å². The summed E-state index contributed by atoms with van der Waals surface area (Å²) in [5, 5.41) is 9.87. The molecule has 118 valence electrons. The molecule has 0 aromatic heterocycles. The number of alkyl halides is 5. The number of nitrogens with zero attached hydrogens (tertiary/aromatic N) is 1. The third kappa shape index (κ3) is 3.18. The molecule has 21 heavy (non-hydrogen) atoms. The van der Waals surface area contributed by atoms with Gasteiger partial charge in [0.15, 0.2) is 5.60 Å². The van der Waals surface area contributed by atoms with Crippen LogP contribution in [0.25, 0.3) is 0 Å². The molecule has 7 heteroatoms. The third-order valence-corrected chi connectivity index (χ3v) is 3.74. The molecule has 0 spiro atoms. The van der Waals surface area contributed by atoms with Crippen LogP contribution in [-0.4, -0.2) is 40.8 Å². The number of hydrogen-bond acceptors (Lipinski definition) is 2. The minimum absolute atomic E-state index is 0.0923. The van der Waals surface area contributed by atoms with Gasteiger partial charge in [-0.3, -0.25) is 4.90 Å². The molecule has 0 bridgehead atoms. The molecule has 2 nitrogen and oxygen atoms in total. The van der Waals surface area contributed by atoms with E-state index < -0.39 is 30.7 Å². The average molecular weight is 309 g/mol. The Morgan fingerprint density at radius 2 is 1.71 bits per heavy atom. The molecule has 1 unspecified atom stereocenters. The third-order valence-electron chi connectivity index (χ3n) is 3.74. The molecule has 0 saturated carbocycles. The zero-order chi connectivity index (χ0) is 15.7. The van der Waals surface area contributed by atoms with Crippen LogP contribution in [0.4, 0.5) is 22.0 Å². The zero-order valence-electron chi connectivity index (χ0n) is 11.2. The van der Waals surface area contributed by atoms with Crippen LogP contribution in [0.3, 0.4) is 0 Å². The van der Waals surface area contributed by atoms with Gasteiger partial charge in [0.05, 0.1) is 0 Å². The van der Waals surface area contributed by atoms with E-state index in [2.05, 4.69) is 0 Å². The van der Waals surface area contributed by atoms with Gasteiger partial charge in [-0.15, -0.1) is 0 Å². The maximum Gasteiger partial charge on any atom is 0.456 e. The van der Waals surface area contributed by atoms with Gasteiger partial charge < -0.3 is 5.11 Å². The maximum atomic E-state index is 13.5. The van der Waals surface area contributed by atoms with Crippen molar-refractivity contribution in [3.63, 3.8) is 0 Å². The second kappa shape index (κ2) is 5.53. The molecule has 0 radical (unpaired) electrons. The number of hydrogen-bond donors (Lipinski definition) is 1. The lowest BCUT2D eigenvalue weighted by Gasteiger charge is -2.43. The van der Waals surface area contributed by atoms with E-state index in [1.165, 1.54) is 4.90 Å². The van der Waals surface area contributed by atoms with Crippen molar-refractivity contribution in [2.75, 3.05) is 13.1 Å². The highest BCUT2D eigenvalue weighted by molar-refractivity contribution is 5.15. The van der Waals surface area contributed by atoms with Gasteiger partial charge in [0.2, 0.25) is 0 Å². The van der Waals surface area contributed by atoms with Crippen LogP contribution >= 0.6 is 0 Å². The average Bonchev–Trinajstić information content (AvgIpc) is 2.38. The predicted octanol–water partition coefficient (Wildman–Crippen LogP) is 3.21. The number of benzene rings is 1. The van der Waals surface area contributed by atoms with Gasteiger partial charge in [-0.1, -0.05) is 30.3 Å². The molecule has 1 aliphatic rings. The fourth-order valence-electron chi connectivity index (χ4n) is 2.62. The minimum Gasteiger partial charge on any atom is -0.382 e. The SMILES string of the molecule is OC1(C(F)(F)C(F)(F)F)CCCN(Cc2ccccc2)C1. The molecule has 1 aromatic rings. The van der Waals surface area contributed by atoms with Crippen LogP contribution < -0.4 is 0 Å². The van der Waals surface area contributed by atoms with E-state index >= 15 is 0 Å². The molecular formula is C14H16F5NO. The monoisotopic (exact) mass is 309 g/mol. The Balaban J connectivity index is 2.13. The molecule has 1 saturated heterocycles. The highest BCUT2D eigenvalue weighted by Gasteiger charge is 2.70. The Morgan fingerprint density at radius 1 is 1.10 bits per heavy atom. The highest BCUT2D eigenvalue weighted by Crippen LogP contribution is 2.47. The molecule has 0 amide bonds. The number of β-amino-alcohol motifs (C(OH)–C–C–N with tert-alkyl or cyclic N) is 1. The van der Waals surface area contributed by atoms with Crippen LogP contribution in [0.1, 0.15) is 18.4 Å². The molecule has 1 atom stereocenters. The van der Waals surface area contributed by atoms with E-state index in [1.807, 2.05) is 0 Å². The van der Waals surface area contributed by atoms with Crippen molar-refractivity contribution in [2.45, 2.75) is 37.1 Å². The molecule has 2 rings (SSSR count). The first kappa shape index (κ1) is 16.2. The fraction of sp³-hybridized carbons (Fsp3) is 0.571. The summed E-state index contributed by atoms with van der Waals surface area (Å²) in [5.74, 6) is -5.12. The predicted molar refractivity (Wildman–Crippen MR) is 66.9 cm³/mol. The van der Waals surface area contributed by atoms with E-state index in [0.717, 1.165) is 5.56 Å². The van der Waals surface area contributed by atoms with Crippen molar-refractivity contribution < 1.29 is 27.1 Å². The Kier molecular flexibility index (Phi) is 4.26. The lowest BCUT2D eigenvalue weighted by molar-refractivity contribution is -0.348. The van der Waals surface area contributed by atoms with Crippen molar-refractivity contribution in [2.24, 2.45) is 0 Å². The smallest absolute Gasteiger partial charge is 0.382 e. The van der Waals surface area contributed by atoms with Crippen molar-refractivity contribution >= 4 is 0 Å². The summed E-state index contributed by atoms with van der Waals surface area (Å²) in [6.07, 6.45) is -6.22. The summed E-state index contributed by atoms with van der Waals surface area (Å²) in [6.45, 7) is -0.0867. The van der Waals surface area contributed by atoms with Crippen LogP contribution in [0.15, 0.2) is 30.3 Å². The number of halogens is 5. The van der Waals surface area contributed by atoms with E-state index in [9.17, 15) is 27.1 Å². The summed E-state index contributed by atoms with van der Waals surface area (Å²) in [7, 11) is 0.